The van der Waals surface area contributed by atoms with Gasteiger partial charge in [0.1, 0.15) is 0 Å². The molecule has 1 heterocycles. The molecular formula is C11H9N2. The first kappa shape index (κ1) is 7.80. The van der Waals surface area contributed by atoms with Gasteiger partial charge >= 0.3 is 0 Å². The van der Waals surface area contributed by atoms with Gasteiger partial charge in [-0.15, -0.1) is 0 Å². The summed E-state index contributed by atoms with van der Waals surface area (Å²) in [5, 5.41) is 4.33. The van der Waals surface area contributed by atoms with Crippen LogP contribution in [0.1, 0.15) is 0 Å². The Hall–Kier alpha value is -1.83. The molecule has 0 aliphatic heterocycles. The van der Waals surface area contributed by atoms with Crippen LogP contribution in [-0.4, -0.2) is 4.98 Å². The highest BCUT2D eigenvalue weighted by Gasteiger charge is 1.94. The predicted molar refractivity (Wildman–Crippen MR) is 52.1 cm³/mol. The number of hydrogen-bond donors (Lipinski definition) is 0. The fraction of sp³-hybridized carbons (Fsp3) is 0. The number of para-hydroxylation sites is 1. The van der Waals surface area contributed by atoms with Crippen LogP contribution in [0, 0.1) is 0 Å². The molecule has 1 aromatic carbocycles. The zero-order valence-electron chi connectivity index (χ0n) is 7.09. The van der Waals surface area contributed by atoms with E-state index >= 15 is 0 Å². The predicted octanol–water partition coefficient (Wildman–Crippen LogP) is 2.65. The van der Waals surface area contributed by atoms with Gasteiger partial charge in [-0.1, -0.05) is 24.3 Å². The molecule has 0 aliphatic rings. The molecule has 13 heavy (non-hydrogen) atoms. The van der Waals surface area contributed by atoms with E-state index < -0.39 is 0 Å². The molecule has 1 aromatic heterocycles. The molecule has 0 amide bonds. The van der Waals surface area contributed by atoms with Gasteiger partial charge in [0.05, 0.1) is 5.69 Å². The zero-order chi connectivity index (χ0) is 8.93. The molecule has 0 fully saturated rings. The summed E-state index contributed by atoms with van der Waals surface area (Å²) in [5.41, 5.74) is 0.932. The summed E-state index contributed by atoms with van der Waals surface area (Å²) < 4.78 is 0. The van der Waals surface area contributed by atoms with Crippen LogP contribution in [0.5, 0.6) is 0 Å². The van der Waals surface area contributed by atoms with Gasteiger partial charge in [-0.25, -0.2) is 10.3 Å². The van der Waals surface area contributed by atoms with Gasteiger partial charge in [-0.3, -0.25) is 0 Å². The lowest BCUT2D eigenvalue weighted by atomic mass is 10.3. The molecule has 0 atom stereocenters. The monoisotopic (exact) mass is 169 g/mol. The third-order valence-corrected chi connectivity index (χ3v) is 1.65. The molecule has 2 rings (SSSR count). The summed E-state index contributed by atoms with van der Waals surface area (Å²) in [4.78, 5) is 4.11. The second-order valence-corrected chi connectivity index (χ2v) is 2.64. The summed E-state index contributed by atoms with van der Waals surface area (Å²) in [6, 6.07) is 15.5. The van der Waals surface area contributed by atoms with Gasteiger partial charge in [-0.2, -0.15) is 0 Å². The fourth-order valence-corrected chi connectivity index (χ4v) is 1.05. The van der Waals surface area contributed by atoms with Gasteiger partial charge in [0.2, 0.25) is 0 Å². The molecule has 2 aromatic rings. The Labute approximate surface area is 77.3 Å². The average Bonchev–Trinajstić information content (AvgIpc) is 2.21. The van der Waals surface area contributed by atoms with Gasteiger partial charge in [-0.05, 0) is 24.3 Å². The van der Waals surface area contributed by atoms with Gasteiger partial charge < -0.3 is 0 Å². The lowest BCUT2D eigenvalue weighted by Crippen LogP contribution is -1.89. The van der Waals surface area contributed by atoms with E-state index in [-0.39, 0.29) is 0 Å². The van der Waals surface area contributed by atoms with Crippen molar-refractivity contribution in [3.05, 3.63) is 54.7 Å². The van der Waals surface area contributed by atoms with Crippen LogP contribution in [0.15, 0.2) is 54.7 Å². The first-order chi connectivity index (χ1) is 6.45. The van der Waals surface area contributed by atoms with Crippen molar-refractivity contribution < 1.29 is 0 Å². The minimum atomic E-state index is 0.744. The summed E-state index contributed by atoms with van der Waals surface area (Å²) in [6.45, 7) is 0. The number of aromatic nitrogens is 1. The molecule has 0 saturated heterocycles. The van der Waals surface area contributed by atoms with Crippen LogP contribution in [0.3, 0.4) is 0 Å². The SMILES string of the molecule is c1ccc([N]c2ccccn2)cc1. The molecule has 0 N–H and O–H groups in total. The maximum absolute atomic E-state index is 4.33. The Kier molecular flexibility index (Phi) is 2.23. The molecule has 0 unspecified atom stereocenters. The highest BCUT2D eigenvalue weighted by Crippen LogP contribution is 2.12. The Morgan fingerprint density at radius 3 is 2.31 bits per heavy atom. The van der Waals surface area contributed by atoms with Gasteiger partial charge in [0.15, 0.2) is 5.82 Å². The van der Waals surface area contributed by atoms with E-state index in [2.05, 4.69) is 10.3 Å². The lowest BCUT2D eigenvalue weighted by Gasteiger charge is -1.99. The highest BCUT2D eigenvalue weighted by atomic mass is 15.0. The van der Waals surface area contributed by atoms with E-state index in [4.69, 9.17) is 0 Å². The number of hydrogen-bond acceptors (Lipinski definition) is 1. The minimum absolute atomic E-state index is 0.744. The second-order valence-electron chi connectivity index (χ2n) is 2.64. The number of pyridine rings is 1. The first-order valence-corrected chi connectivity index (χ1v) is 4.13. The van der Waals surface area contributed by atoms with Crippen LogP contribution in [0.4, 0.5) is 11.5 Å². The van der Waals surface area contributed by atoms with Crippen LogP contribution >= 0.6 is 0 Å². The molecule has 2 heteroatoms. The molecular weight excluding hydrogens is 160 g/mol. The van der Waals surface area contributed by atoms with E-state index in [0.717, 1.165) is 11.5 Å². The number of rotatable bonds is 2. The van der Waals surface area contributed by atoms with E-state index in [9.17, 15) is 0 Å². The van der Waals surface area contributed by atoms with E-state index in [1.54, 1.807) is 6.20 Å². The van der Waals surface area contributed by atoms with E-state index in [0.29, 0.717) is 0 Å². The van der Waals surface area contributed by atoms with Crippen LogP contribution in [-0.2, 0) is 0 Å². The topological polar surface area (TPSA) is 27.0 Å². The van der Waals surface area contributed by atoms with Crippen molar-refractivity contribution >= 4 is 11.5 Å². The van der Waals surface area contributed by atoms with Crippen molar-refractivity contribution in [3.63, 3.8) is 0 Å². The van der Waals surface area contributed by atoms with Crippen molar-refractivity contribution in [2.45, 2.75) is 0 Å². The molecule has 2 nitrogen and oxygen atoms in total. The van der Waals surface area contributed by atoms with Crippen LogP contribution in [0.2, 0.25) is 0 Å². The summed E-state index contributed by atoms with van der Waals surface area (Å²) in [6.07, 6.45) is 1.74. The van der Waals surface area contributed by atoms with E-state index in [1.165, 1.54) is 0 Å². The lowest BCUT2D eigenvalue weighted by molar-refractivity contribution is 1.10. The molecule has 0 spiro atoms. The molecule has 0 bridgehead atoms. The smallest absolute Gasteiger partial charge is 0.152 e. The average molecular weight is 169 g/mol. The Balaban J connectivity index is 2.16. The van der Waals surface area contributed by atoms with Crippen molar-refractivity contribution in [1.29, 1.82) is 0 Å². The van der Waals surface area contributed by atoms with Crippen molar-refractivity contribution in [2.24, 2.45) is 0 Å². The van der Waals surface area contributed by atoms with Gasteiger partial charge in [0.25, 0.3) is 0 Å². The molecule has 1 radical (unpaired) electrons. The molecule has 63 valence electrons. The normalized spacial score (nSPS) is 9.54. The molecule has 0 saturated carbocycles. The standard InChI is InChI=1S/C11H9N2/c1-2-6-10(7-3-1)13-11-8-4-5-9-12-11/h1-9H. The highest BCUT2D eigenvalue weighted by molar-refractivity contribution is 5.43. The largest absolute Gasteiger partial charge is 0.237 e. The zero-order valence-corrected chi connectivity index (χ0v) is 7.09. The Morgan fingerprint density at radius 1 is 0.846 bits per heavy atom. The quantitative estimate of drug-likeness (QED) is 0.678. The summed E-state index contributed by atoms with van der Waals surface area (Å²) in [7, 11) is 0. The van der Waals surface area contributed by atoms with E-state index in [1.807, 2.05) is 48.5 Å². The third-order valence-electron chi connectivity index (χ3n) is 1.65. The molecule has 0 aliphatic carbocycles. The maximum atomic E-state index is 4.33. The third kappa shape index (κ3) is 2.06. The Bertz CT molecular complexity index is 319. The number of nitrogens with zero attached hydrogens (tertiary/aromatic N) is 2. The Morgan fingerprint density at radius 2 is 1.62 bits per heavy atom. The second kappa shape index (κ2) is 3.72. The number of benzene rings is 1. The van der Waals surface area contributed by atoms with Crippen molar-refractivity contribution in [2.75, 3.05) is 0 Å². The van der Waals surface area contributed by atoms with Crippen molar-refractivity contribution in [3.8, 4) is 0 Å². The van der Waals surface area contributed by atoms with Gasteiger partial charge in [0, 0.05) is 6.20 Å². The fourth-order valence-electron chi connectivity index (χ4n) is 1.05. The van der Waals surface area contributed by atoms with Crippen molar-refractivity contribution in [1.82, 2.24) is 10.3 Å². The minimum Gasteiger partial charge on any atom is -0.237 e. The summed E-state index contributed by atoms with van der Waals surface area (Å²) in [5.74, 6) is 0.744. The maximum Gasteiger partial charge on any atom is 0.152 e. The van der Waals surface area contributed by atoms with Crippen LogP contribution in [0.25, 0.3) is 0 Å². The van der Waals surface area contributed by atoms with Crippen LogP contribution < -0.4 is 5.32 Å². The first-order valence-electron chi connectivity index (χ1n) is 4.13. The summed E-state index contributed by atoms with van der Waals surface area (Å²) >= 11 is 0.